The Kier molecular flexibility index (Phi) is 2.08. The van der Waals surface area contributed by atoms with E-state index in [1.165, 1.54) is 6.17 Å². The molecular formula is C10H21NSi. The quantitative estimate of drug-likeness (QED) is 0.564. The molecule has 0 saturated carbocycles. The predicted molar refractivity (Wildman–Crippen MR) is 56.0 cm³/mol. The van der Waals surface area contributed by atoms with E-state index in [0.29, 0.717) is 0 Å². The molecule has 2 heterocycles. The van der Waals surface area contributed by atoms with E-state index < -0.39 is 8.07 Å². The number of hydrogen-bond acceptors (Lipinski definition) is 1. The molecule has 12 heavy (non-hydrogen) atoms. The van der Waals surface area contributed by atoms with Crippen LogP contribution in [-0.2, 0) is 0 Å². The maximum atomic E-state index is 2.65. The molecule has 2 heteroatoms. The summed E-state index contributed by atoms with van der Waals surface area (Å²) in [5.41, 5.74) is 0. The summed E-state index contributed by atoms with van der Waals surface area (Å²) in [6.07, 6.45) is 3.06. The van der Waals surface area contributed by atoms with E-state index in [4.69, 9.17) is 0 Å². The van der Waals surface area contributed by atoms with Crippen LogP contribution < -0.4 is 0 Å². The summed E-state index contributed by atoms with van der Waals surface area (Å²) in [7, 11) is 1.70. The lowest BCUT2D eigenvalue weighted by atomic mass is 10.1. The van der Waals surface area contributed by atoms with Crippen molar-refractivity contribution in [1.29, 1.82) is 0 Å². The average molecular weight is 183 g/mol. The first-order valence-corrected chi connectivity index (χ1v) is 8.16. The predicted octanol–water partition coefficient (Wildman–Crippen LogP) is 2.35. The van der Waals surface area contributed by atoms with Crippen LogP contribution in [0.25, 0.3) is 0 Å². The molecule has 1 unspecified atom stereocenters. The Morgan fingerprint density at radius 2 is 2.00 bits per heavy atom. The Labute approximate surface area is 77.2 Å². The zero-order valence-corrected chi connectivity index (χ0v) is 9.64. The third kappa shape index (κ3) is 1.25. The van der Waals surface area contributed by atoms with E-state index in [1.54, 1.807) is 24.6 Å². The van der Waals surface area contributed by atoms with Gasteiger partial charge in [0.15, 0.2) is 0 Å². The molecule has 0 aromatic rings. The summed E-state index contributed by atoms with van der Waals surface area (Å²) in [5, 5.41) is 0. The molecule has 0 amide bonds. The zero-order valence-electron chi connectivity index (χ0n) is 8.64. The van der Waals surface area contributed by atoms with Gasteiger partial charge in [-0.1, -0.05) is 32.4 Å². The van der Waals surface area contributed by atoms with Gasteiger partial charge in [0.1, 0.15) is 0 Å². The van der Waals surface area contributed by atoms with Crippen LogP contribution in [-0.4, -0.2) is 32.2 Å². The molecule has 0 radical (unpaired) electrons. The van der Waals surface area contributed by atoms with Crippen LogP contribution in [0, 0.1) is 5.92 Å². The summed E-state index contributed by atoms with van der Waals surface area (Å²) in [4.78, 5) is 2.65. The fourth-order valence-electron chi connectivity index (χ4n) is 3.09. The van der Waals surface area contributed by atoms with Crippen molar-refractivity contribution in [2.45, 2.75) is 44.4 Å². The maximum absolute atomic E-state index is 2.65. The molecule has 2 rings (SSSR count). The van der Waals surface area contributed by atoms with Crippen molar-refractivity contribution in [2.24, 2.45) is 5.92 Å². The van der Waals surface area contributed by atoms with Crippen molar-refractivity contribution in [3.05, 3.63) is 0 Å². The van der Waals surface area contributed by atoms with Crippen molar-refractivity contribution in [3.8, 4) is 0 Å². The fourth-order valence-corrected chi connectivity index (χ4v) is 8.26. The minimum atomic E-state index is -0.643. The lowest BCUT2D eigenvalue weighted by molar-refractivity contribution is 0.258. The van der Waals surface area contributed by atoms with Crippen LogP contribution in [0.2, 0.25) is 18.1 Å². The van der Waals surface area contributed by atoms with E-state index in [-0.39, 0.29) is 0 Å². The Balaban J connectivity index is 2.02. The Hall–Kier alpha value is 0.177. The summed E-state index contributed by atoms with van der Waals surface area (Å²) in [6, 6.07) is 5.82. The monoisotopic (exact) mass is 183 g/mol. The molecule has 0 aliphatic carbocycles. The lowest BCUT2D eigenvalue weighted by Gasteiger charge is -2.35. The van der Waals surface area contributed by atoms with Crippen molar-refractivity contribution in [2.75, 3.05) is 13.2 Å². The summed E-state index contributed by atoms with van der Waals surface area (Å²) in [5.74, 6) is 0.877. The summed E-state index contributed by atoms with van der Waals surface area (Å²) >= 11 is 0. The molecule has 0 aromatic heterocycles. The van der Waals surface area contributed by atoms with Gasteiger partial charge in [-0.15, -0.1) is 0 Å². The second-order valence-electron chi connectivity index (χ2n) is 5.28. The third-order valence-corrected chi connectivity index (χ3v) is 9.26. The molecule has 2 aliphatic heterocycles. The van der Waals surface area contributed by atoms with Crippen LogP contribution in [0.1, 0.15) is 20.3 Å². The minimum Gasteiger partial charge on any atom is -0.306 e. The highest BCUT2D eigenvalue weighted by atomic mass is 28.3. The Morgan fingerprint density at radius 3 is 2.25 bits per heavy atom. The number of rotatable bonds is 1. The molecule has 0 N–H and O–H groups in total. The van der Waals surface area contributed by atoms with Crippen LogP contribution in [0.5, 0.6) is 0 Å². The van der Waals surface area contributed by atoms with Gasteiger partial charge in [-0.2, -0.15) is 0 Å². The van der Waals surface area contributed by atoms with E-state index in [1.807, 2.05) is 0 Å². The minimum absolute atomic E-state index is 0.643. The molecule has 1 atom stereocenters. The second-order valence-corrected chi connectivity index (χ2v) is 10.0. The summed E-state index contributed by atoms with van der Waals surface area (Å²) < 4.78 is 0. The zero-order chi connectivity index (χ0) is 8.77. The van der Waals surface area contributed by atoms with Gasteiger partial charge in [-0.3, -0.25) is 0 Å². The van der Waals surface area contributed by atoms with Crippen LogP contribution in [0.15, 0.2) is 0 Å². The van der Waals surface area contributed by atoms with Gasteiger partial charge >= 0.3 is 0 Å². The second kappa shape index (κ2) is 2.84. The molecule has 2 fully saturated rings. The molecule has 1 spiro atoms. The first-order valence-electron chi connectivity index (χ1n) is 5.33. The van der Waals surface area contributed by atoms with Crippen molar-refractivity contribution in [3.63, 3.8) is 0 Å². The highest BCUT2D eigenvalue weighted by Crippen LogP contribution is 2.43. The standard InChI is InChI=1S/C10H21NSi/c1-9(2)10-7-12(5-4-6-12)8-11(10)3/h9-10H,4-8H2,1-3H3. The fraction of sp³-hybridized carbons (Fsp3) is 1.00. The highest BCUT2D eigenvalue weighted by molar-refractivity contribution is 6.83. The van der Waals surface area contributed by atoms with Crippen molar-refractivity contribution < 1.29 is 0 Å². The van der Waals surface area contributed by atoms with Gasteiger partial charge in [0.2, 0.25) is 0 Å². The molecule has 0 bridgehead atoms. The molecular weight excluding hydrogens is 162 g/mol. The maximum Gasteiger partial charge on any atom is 0.0705 e. The van der Waals surface area contributed by atoms with E-state index >= 15 is 0 Å². The average Bonchev–Trinajstić information content (AvgIpc) is 2.26. The van der Waals surface area contributed by atoms with Crippen LogP contribution >= 0.6 is 0 Å². The van der Waals surface area contributed by atoms with Crippen molar-refractivity contribution >= 4 is 8.07 Å². The Bertz CT molecular complexity index is 175. The smallest absolute Gasteiger partial charge is 0.0705 e. The van der Waals surface area contributed by atoms with E-state index in [9.17, 15) is 0 Å². The van der Waals surface area contributed by atoms with Gasteiger partial charge in [0.05, 0.1) is 8.07 Å². The van der Waals surface area contributed by atoms with Gasteiger partial charge in [0, 0.05) is 6.04 Å². The molecule has 0 aromatic carbocycles. The van der Waals surface area contributed by atoms with Crippen LogP contribution in [0.4, 0.5) is 0 Å². The topological polar surface area (TPSA) is 3.24 Å². The largest absolute Gasteiger partial charge is 0.306 e. The first-order chi connectivity index (χ1) is 5.63. The van der Waals surface area contributed by atoms with Gasteiger partial charge < -0.3 is 4.90 Å². The highest BCUT2D eigenvalue weighted by Gasteiger charge is 2.48. The number of hydrogen-bond donors (Lipinski definition) is 0. The Morgan fingerprint density at radius 1 is 1.33 bits per heavy atom. The normalized spacial score (nSPS) is 34.5. The van der Waals surface area contributed by atoms with Crippen molar-refractivity contribution in [1.82, 2.24) is 4.90 Å². The van der Waals surface area contributed by atoms with Crippen LogP contribution in [0.3, 0.4) is 0 Å². The molecule has 2 saturated heterocycles. The molecule has 70 valence electrons. The van der Waals surface area contributed by atoms with E-state index in [0.717, 1.165) is 12.0 Å². The van der Waals surface area contributed by atoms with E-state index in [2.05, 4.69) is 25.8 Å². The van der Waals surface area contributed by atoms with Gasteiger partial charge in [0.25, 0.3) is 0 Å². The third-order valence-electron chi connectivity index (χ3n) is 3.98. The van der Waals surface area contributed by atoms with Gasteiger partial charge in [-0.05, 0) is 25.2 Å². The summed E-state index contributed by atoms with van der Waals surface area (Å²) in [6.45, 7) is 4.76. The lowest BCUT2D eigenvalue weighted by Crippen LogP contribution is -2.43. The molecule has 2 aliphatic rings. The van der Waals surface area contributed by atoms with Gasteiger partial charge in [-0.25, -0.2) is 0 Å². The SMILES string of the molecule is CC(C)C1C[Si]2(CCC2)CN1C. The molecule has 1 nitrogen and oxygen atoms in total. The number of nitrogens with zero attached hydrogens (tertiary/aromatic N) is 1. The first kappa shape index (κ1) is 8.76.